The van der Waals surface area contributed by atoms with Crippen LogP contribution in [0.2, 0.25) is 0 Å². The summed E-state index contributed by atoms with van der Waals surface area (Å²) in [6, 6.07) is 7.81. The Labute approximate surface area is 142 Å². The lowest BCUT2D eigenvalue weighted by molar-refractivity contribution is 0.237. The molecule has 0 bridgehead atoms. The summed E-state index contributed by atoms with van der Waals surface area (Å²) in [6.45, 7) is 2.16. The minimum absolute atomic E-state index is 0.117. The van der Waals surface area contributed by atoms with Gasteiger partial charge in [0, 0.05) is 24.0 Å². The normalized spacial score (nSPS) is 17.3. The van der Waals surface area contributed by atoms with Crippen LogP contribution in [0.15, 0.2) is 36.0 Å². The van der Waals surface area contributed by atoms with Crippen LogP contribution in [0.1, 0.15) is 11.3 Å². The van der Waals surface area contributed by atoms with Gasteiger partial charge in [0.1, 0.15) is 12.1 Å². The van der Waals surface area contributed by atoms with Crippen molar-refractivity contribution in [3.05, 3.63) is 40.8 Å². The maximum Gasteiger partial charge on any atom is 0.315 e. The predicted molar refractivity (Wildman–Crippen MR) is 91.1 cm³/mol. The van der Waals surface area contributed by atoms with Gasteiger partial charge in [0.05, 0.1) is 6.54 Å². The Morgan fingerprint density at radius 2 is 2.33 bits per heavy atom. The first kappa shape index (κ1) is 14.9. The quantitative estimate of drug-likeness (QED) is 0.745. The number of carbonyl (C=O) groups excluding carboxylic acids is 1. The number of hydrogen-bond acceptors (Lipinski definition) is 6. The highest BCUT2D eigenvalue weighted by atomic mass is 32.1. The zero-order chi connectivity index (χ0) is 16.4. The number of fused-ring (bicyclic) bond motifs is 1. The van der Waals surface area contributed by atoms with Crippen molar-refractivity contribution in [3.63, 3.8) is 0 Å². The van der Waals surface area contributed by atoms with E-state index in [1.807, 2.05) is 29.6 Å². The number of rotatable bonds is 4. The predicted octanol–water partition coefficient (Wildman–Crippen LogP) is 1.26. The summed E-state index contributed by atoms with van der Waals surface area (Å²) in [5.74, 6) is 0.866. The second kappa shape index (κ2) is 6.44. The number of amides is 2. The van der Waals surface area contributed by atoms with Crippen molar-refractivity contribution in [2.75, 3.05) is 18.0 Å². The molecule has 1 atom stereocenters. The molecular formula is C15H17N7OS. The summed E-state index contributed by atoms with van der Waals surface area (Å²) >= 11 is 1.64. The molecule has 8 nitrogen and oxygen atoms in total. The van der Waals surface area contributed by atoms with Crippen LogP contribution in [-0.4, -0.2) is 45.0 Å². The molecule has 1 aliphatic rings. The van der Waals surface area contributed by atoms with Crippen molar-refractivity contribution in [1.82, 2.24) is 30.4 Å². The Balaban J connectivity index is 1.31. The molecule has 2 amide bonds. The highest BCUT2D eigenvalue weighted by Crippen LogP contribution is 2.18. The number of anilines is 1. The van der Waals surface area contributed by atoms with E-state index in [0.717, 1.165) is 35.9 Å². The average Bonchev–Trinajstić information content (AvgIpc) is 3.33. The molecule has 3 aromatic rings. The zero-order valence-corrected chi connectivity index (χ0v) is 13.7. The van der Waals surface area contributed by atoms with Crippen LogP contribution in [0, 0.1) is 0 Å². The summed E-state index contributed by atoms with van der Waals surface area (Å²) in [5, 5.41) is 20.2. The molecule has 1 aliphatic heterocycles. The van der Waals surface area contributed by atoms with Gasteiger partial charge in [0.2, 0.25) is 0 Å². The third-order valence-corrected chi connectivity index (χ3v) is 4.87. The van der Waals surface area contributed by atoms with Crippen molar-refractivity contribution in [2.24, 2.45) is 0 Å². The van der Waals surface area contributed by atoms with Crippen molar-refractivity contribution < 1.29 is 4.79 Å². The molecule has 3 aromatic heterocycles. The highest BCUT2D eigenvalue weighted by Gasteiger charge is 2.25. The van der Waals surface area contributed by atoms with E-state index >= 15 is 0 Å². The van der Waals surface area contributed by atoms with Gasteiger partial charge >= 0.3 is 6.03 Å². The van der Waals surface area contributed by atoms with Gasteiger partial charge in [0.15, 0.2) is 5.65 Å². The summed E-state index contributed by atoms with van der Waals surface area (Å²) in [6.07, 6.45) is 2.48. The Morgan fingerprint density at radius 3 is 3.21 bits per heavy atom. The van der Waals surface area contributed by atoms with Crippen LogP contribution in [-0.2, 0) is 6.54 Å². The molecule has 9 heteroatoms. The number of thiophene rings is 1. The fourth-order valence-electron chi connectivity index (χ4n) is 2.79. The van der Waals surface area contributed by atoms with Crippen LogP contribution >= 0.6 is 11.3 Å². The molecular weight excluding hydrogens is 326 g/mol. The van der Waals surface area contributed by atoms with Crippen molar-refractivity contribution in [2.45, 2.75) is 19.0 Å². The van der Waals surface area contributed by atoms with Gasteiger partial charge in [0.25, 0.3) is 0 Å². The minimum Gasteiger partial charge on any atom is -0.353 e. The fraction of sp³-hybridized carbons (Fsp3) is 0.333. The number of nitrogens with zero attached hydrogens (tertiary/aromatic N) is 5. The standard InChI is InChI=1S/C15H17N7OS/c23-15(16-8-12-2-1-7-24-12)18-11-5-6-21(9-11)14-4-3-13-19-17-10-22(13)20-14/h1-4,7,10-11H,5-6,8-9H2,(H2,16,18,23)/t11-/m1/s1. The van der Waals surface area contributed by atoms with Crippen molar-refractivity contribution >= 4 is 28.8 Å². The molecule has 4 rings (SSSR count). The topological polar surface area (TPSA) is 87.5 Å². The lowest BCUT2D eigenvalue weighted by atomic mass is 10.3. The number of hydrogen-bond donors (Lipinski definition) is 2. The molecule has 4 heterocycles. The SMILES string of the molecule is O=C(NCc1cccs1)N[C@@H]1CCN(c2ccc3nncn3n2)C1. The van der Waals surface area contributed by atoms with Gasteiger partial charge in [-0.3, -0.25) is 0 Å². The van der Waals surface area contributed by atoms with Crippen molar-refractivity contribution in [3.8, 4) is 0 Å². The third-order valence-electron chi connectivity index (χ3n) is 4.00. The lowest BCUT2D eigenvalue weighted by Crippen LogP contribution is -2.43. The third kappa shape index (κ3) is 3.16. The van der Waals surface area contributed by atoms with Gasteiger partial charge in [-0.2, -0.15) is 4.52 Å². The first-order valence-corrected chi connectivity index (χ1v) is 8.65. The van der Waals surface area contributed by atoms with Gasteiger partial charge in [-0.15, -0.1) is 26.6 Å². The van der Waals surface area contributed by atoms with Crippen LogP contribution < -0.4 is 15.5 Å². The maximum absolute atomic E-state index is 12.0. The van der Waals surface area contributed by atoms with E-state index in [0.29, 0.717) is 6.54 Å². The number of aromatic nitrogens is 4. The van der Waals surface area contributed by atoms with Gasteiger partial charge in [-0.25, -0.2) is 4.79 Å². The minimum atomic E-state index is -0.127. The highest BCUT2D eigenvalue weighted by molar-refractivity contribution is 7.09. The first-order chi connectivity index (χ1) is 11.8. The second-order valence-electron chi connectivity index (χ2n) is 5.66. The van der Waals surface area contributed by atoms with E-state index in [1.165, 1.54) is 0 Å². The Morgan fingerprint density at radius 1 is 1.38 bits per heavy atom. The van der Waals surface area contributed by atoms with E-state index in [2.05, 4.69) is 30.8 Å². The summed E-state index contributed by atoms with van der Waals surface area (Å²) in [5.41, 5.74) is 0.723. The average molecular weight is 343 g/mol. The molecule has 1 saturated heterocycles. The molecule has 2 N–H and O–H groups in total. The maximum atomic E-state index is 12.0. The molecule has 0 saturated carbocycles. The molecule has 0 spiro atoms. The lowest BCUT2D eigenvalue weighted by Gasteiger charge is -2.18. The van der Waals surface area contributed by atoms with Crippen LogP contribution in [0.3, 0.4) is 0 Å². The molecule has 0 unspecified atom stereocenters. The number of nitrogens with one attached hydrogen (secondary N) is 2. The van der Waals surface area contributed by atoms with Crippen LogP contribution in [0.25, 0.3) is 5.65 Å². The van der Waals surface area contributed by atoms with E-state index in [9.17, 15) is 4.79 Å². The zero-order valence-electron chi connectivity index (χ0n) is 12.9. The molecule has 0 aromatic carbocycles. The summed E-state index contributed by atoms with van der Waals surface area (Å²) in [4.78, 5) is 15.3. The van der Waals surface area contributed by atoms with Crippen LogP contribution in [0.4, 0.5) is 10.6 Å². The molecule has 0 aliphatic carbocycles. The van der Waals surface area contributed by atoms with E-state index in [-0.39, 0.29) is 12.1 Å². The Hall–Kier alpha value is -2.68. The molecule has 1 fully saturated rings. The Bertz CT molecular complexity index is 831. The largest absolute Gasteiger partial charge is 0.353 e. The fourth-order valence-corrected chi connectivity index (χ4v) is 3.43. The Kier molecular flexibility index (Phi) is 3.99. The smallest absolute Gasteiger partial charge is 0.315 e. The molecule has 0 radical (unpaired) electrons. The molecule has 124 valence electrons. The monoisotopic (exact) mass is 343 g/mol. The van der Waals surface area contributed by atoms with E-state index < -0.39 is 0 Å². The van der Waals surface area contributed by atoms with Crippen molar-refractivity contribution in [1.29, 1.82) is 0 Å². The van der Waals surface area contributed by atoms with Gasteiger partial charge in [-0.05, 0) is 30.0 Å². The van der Waals surface area contributed by atoms with Gasteiger partial charge in [-0.1, -0.05) is 6.07 Å². The summed E-state index contributed by atoms with van der Waals surface area (Å²) < 4.78 is 1.66. The van der Waals surface area contributed by atoms with Crippen LogP contribution in [0.5, 0.6) is 0 Å². The van der Waals surface area contributed by atoms with E-state index in [4.69, 9.17) is 0 Å². The van der Waals surface area contributed by atoms with E-state index in [1.54, 1.807) is 22.2 Å². The number of urea groups is 1. The van der Waals surface area contributed by atoms with Gasteiger partial charge < -0.3 is 15.5 Å². The first-order valence-electron chi connectivity index (χ1n) is 7.77. The second-order valence-corrected chi connectivity index (χ2v) is 6.70. The summed E-state index contributed by atoms with van der Waals surface area (Å²) in [7, 11) is 0. The number of carbonyl (C=O) groups is 1. The molecule has 24 heavy (non-hydrogen) atoms.